The second-order valence-corrected chi connectivity index (χ2v) is 3.33. The van der Waals surface area contributed by atoms with Crippen LogP contribution in [0, 0.1) is 41.9 Å². The van der Waals surface area contributed by atoms with Crippen molar-refractivity contribution in [3.8, 4) is 23.7 Å². The van der Waals surface area contributed by atoms with E-state index in [0.717, 1.165) is 6.42 Å². The molecule has 0 aromatic rings. The van der Waals surface area contributed by atoms with Gasteiger partial charge in [0.05, 0.1) is 0 Å². The van der Waals surface area contributed by atoms with Gasteiger partial charge in [-0.25, -0.2) is 0 Å². The first-order valence-corrected chi connectivity index (χ1v) is 4.44. The van der Waals surface area contributed by atoms with E-state index in [-0.39, 0.29) is 0 Å². The van der Waals surface area contributed by atoms with E-state index in [9.17, 15) is 0 Å². The lowest BCUT2D eigenvalue weighted by molar-refractivity contribution is 0.864. The molecular formula is C12H17. The van der Waals surface area contributed by atoms with E-state index in [1.807, 2.05) is 6.42 Å². The third-order valence-electron chi connectivity index (χ3n) is 1.07. The van der Waals surface area contributed by atoms with Gasteiger partial charge >= 0.3 is 0 Å². The summed E-state index contributed by atoms with van der Waals surface area (Å²) in [5.74, 6) is 13.1. The molecule has 0 unspecified atom stereocenters. The van der Waals surface area contributed by atoms with E-state index in [2.05, 4.69) is 51.4 Å². The predicted molar refractivity (Wildman–Crippen MR) is 54.1 cm³/mol. The molecule has 0 saturated heterocycles. The van der Waals surface area contributed by atoms with Gasteiger partial charge in [-0.05, 0) is 0 Å². The molecule has 0 aliphatic heterocycles. The molecule has 0 aromatic heterocycles. The Labute approximate surface area is 76.8 Å². The first-order chi connectivity index (χ1) is 5.63. The zero-order chi connectivity index (χ0) is 9.40. The molecule has 0 N–H and O–H groups in total. The molecule has 0 aliphatic rings. The van der Waals surface area contributed by atoms with Crippen molar-refractivity contribution in [1.29, 1.82) is 0 Å². The van der Waals surface area contributed by atoms with Crippen molar-refractivity contribution in [3.05, 3.63) is 6.42 Å². The highest BCUT2D eigenvalue weighted by Gasteiger charge is 1.82. The summed E-state index contributed by atoms with van der Waals surface area (Å²) in [7, 11) is 0. The zero-order valence-corrected chi connectivity index (χ0v) is 8.44. The topological polar surface area (TPSA) is 0 Å². The van der Waals surface area contributed by atoms with Crippen molar-refractivity contribution in [1.82, 2.24) is 0 Å². The zero-order valence-electron chi connectivity index (χ0n) is 8.44. The van der Waals surface area contributed by atoms with Gasteiger partial charge < -0.3 is 0 Å². The maximum Gasteiger partial charge on any atom is 0.0459 e. The highest BCUT2D eigenvalue weighted by Crippen LogP contribution is 1.90. The minimum atomic E-state index is 0.458. The third kappa shape index (κ3) is 9.12. The summed E-state index contributed by atoms with van der Waals surface area (Å²) in [4.78, 5) is 0. The summed E-state index contributed by atoms with van der Waals surface area (Å²) in [6, 6.07) is 0. The molecule has 0 heterocycles. The lowest BCUT2D eigenvalue weighted by atomic mass is 10.2. The minimum Gasteiger partial charge on any atom is -0.102 e. The monoisotopic (exact) mass is 161 g/mol. The van der Waals surface area contributed by atoms with Crippen LogP contribution in [0.25, 0.3) is 0 Å². The Morgan fingerprint density at radius 2 is 1.58 bits per heavy atom. The Morgan fingerprint density at radius 3 is 2.08 bits per heavy atom. The minimum absolute atomic E-state index is 0.458. The fourth-order valence-electron chi connectivity index (χ4n) is 0.591. The molecule has 1 radical (unpaired) electrons. The molecule has 0 aromatic carbocycles. The normalized spacial score (nSPS) is 8.83. The van der Waals surface area contributed by atoms with E-state index in [1.54, 1.807) is 0 Å². The van der Waals surface area contributed by atoms with E-state index in [0.29, 0.717) is 11.8 Å². The van der Waals surface area contributed by atoms with Gasteiger partial charge in [0.1, 0.15) is 0 Å². The van der Waals surface area contributed by atoms with Gasteiger partial charge in [-0.2, -0.15) is 0 Å². The van der Waals surface area contributed by atoms with Crippen LogP contribution in [0.4, 0.5) is 0 Å². The van der Waals surface area contributed by atoms with Crippen molar-refractivity contribution >= 4 is 0 Å². The molecule has 0 fully saturated rings. The standard InChI is InChI=1S/C12H17/c1-11(2)9-7-5-6-8-10-12(3)4/h5,11-12H,6H2,1-4H3. The first kappa shape index (κ1) is 11.1. The molecule has 0 bridgehead atoms. The Hall–Kier alpha value is -0.880. The van der Waals surface area contributed by atoms with Crippen molar-refractivity contribution in [3.63, 3.8) is 0 Å². The molecule has 0 heteroatoms. The van der Waals surface area contributed by atoms with Crippen LogP contribution >= 0.6 is 0 Å². The highest BCUT2D eigenvalue weighted by atomic mass is 13.9. The van der Waals surface area contributed by atoms with Crippen LogP contribution in [0.5, 0.6) is 0 Å². The summed E-state index contributed by atoms with van der Waals surface area (Å²) in [6.07, 6.45) is 2.72. The predicted octanol–water partition coefficient (Wildman–Crippen LogP) is 2.90. The molecule has 0 rings (SSSR count). The van der Waals surface area contributed by atoms with Crippen LogP contribution in [0.3, 0.4) is 0 Å². The van der Waals surface area contributed by atoms with E-state index in [1.165, 1.54) is 0 Å². The van der Waals surface area contributed by atoms with Crippen LogP contribution < -0.4 is 0 Å². The summed E-state index contributed by atoms with van der Waals surface area (Å²) >= 11 is 0. The quantitative estimate of drug-likeness (QED) is 0.410. The Balaban J connectivity index is 3.49. The van der Waals surface area contributed by atoms with Crippen molar-refractivity contribution in [2.45, 2.75) is 34.1 Å². The van der Waals surface area contributed by atoms with Gasteiger partial charge in [0.25, 0.3) is 0 Å². The average Bonchev–Trinajstić information content (AvgIpc) is 1.95. The van der Waals surface area contributed by atoms with E-state index >= 15 is 0 Å². The smallest absolute Gasteiger partial charge is 0.0459 e. The number of hydrogen-bond donors (Lipinski definition) is 0. The molecule has 0 spiro atoms. The van der Waals surface area contributed by atoms with E-state index in [4.69, 9.17) is 0 Å². The largest absolute Gasteiger partial charge is 0.102 e. The molecule has 12 heavy (non-hydrogen) atoms. The van der Waals surface area contributed by atoms with Crippen molar-refractivity contribution in [2.75, 3.05) is 0 Å². The first-order valence-electron chi connectivity index (χ1n) is 4.44. The summed E-state index contributed by atoms with van der Waals surface area (Å²) in [6.45, 7) is 8.35. The van der Waals surface area contributed by atoms with Gasteiger partial charge in [0.15, 0.2) is 0 Å². The van der Waals surface area contributed by atoms with Crippen LogP contribution in [0.15, 0.2) is 0 Å². The van der Waals surface area contributed by atoms with Crippen LogP contribution in [-0.2, 0) is 0 Å². The third-order valence-corrected chi connectivity index (χ3v) is 1.07. The summed E-state index contributed by atoms with van der Waals surface area (Å²) in [5, 5.41) is 0. The van der Waals surface area contributed by atoms with Gasteiger partial charge in [0, 0.05) is 24.7 Å². The lowest BCUT2D eigenvalue weighted by Crippen LogP contribution is -1.79. The average molecular weight is 161 g/mol. The van der Waals surface area contributed by atoms with E-state index < -0.39 is 0 Å². The van der Waals surface area contributed by atoms with Gasteiger partial charge in [0.2, 0.25) is 0 Å². The highest BCUT2D eigenvalue weighted by molar-refractivity contribution is 5.16. The Morgan fingerprint density at radius 1 is 1.00 bits per heavy atom. The molecule has 65 valence electrons. The number of rotatable bonds is 1. The second-order valence-electron chi connectivity index (χ2n) is 3.33. The van der Waals surface area contributed by atoms with Gasteiger partial charge in [-0.3, -0.25) is 0 Å². The molecular weight excluding hydrogens is 144 g/mol. The molecule has 0 saturated carbocycles. The van der Waals surface area contributed by atoms with Crippen molar-refractivity contribution in [2.24, 2.45) is 11.8 Å². The number of unbranched alkanes of at least 4 members (excludes halogenated alkanes) is 1. The van der Waals surface area contributed by atoms with Crippen LogP contribution in [-0.4, -0.2) is 0 Å². The maximum absolute atomic E-state index is 3.08. The Bertz CT molecular complexity index is 186. The SMILES string of the molecule is CC(C)C#C[CH]CC#CC(C)C. The molecule has 0 atom stereocenters. The van der Waals surface area contributed by atoms with Gasteiger partial charge in [-0.15, -0.1) is 17.8 Å². The molecule has 0 nitrogen and oxygen atoms in total. The Kier molecular flexibility index (Phi) is 6.31. The maximum atomic E-state index is 3.08. The fraction of sp³-hybridized carbons (Fsp3) is 0.583. The fourth-order valence-corrected chi connectivity index (χ4v) is 0.591. The van der Waals surface area contributed by atoms with Crippen LogP contribution in [0.1, 0.15) is 34.1 Å². The van der Waals surface area contributed by atoms with Crippen molar-refractivity contribution < 1.29 is 0 Å². The summed E-state index contributed by atoms with van der Waals surface area (Å²) in [5.41, 5.74) is 0. The van der Waals surface area contributed by atoms with Crippen LogP contribution in [0.2, 0.25) is 0 Å². The van der Waals surface area contributed by atoms with Gasteiger partial charge in [-0.1, -0.05) is 33.6 Å². The lowest BCUT2D eigenvalue weighted by Gasteiger charge is -1.87. The molecule has 0 aliphatic carbocycles. The molecule has 0 amide bonds. The number of hydrogen-bond acceptors (Lipinski definition) is 0. The summed E-state index contributed by atoms with van der Waals surface area (Å²) < 4.78 is 0. The second kappa shape index (κ2) is 6.81.